The summed E-state index contributed by atoms with van der Waals surface area (Å²) in [5.74, 6) is -0.799. The molecular formula is C38H73O8P. The van der Waals surface area contributed by atoms with E-state index in [1.165, 1.54) is 109 Å². The number of phosphoric acid groups is 1. The second-order valence-electron chi connectivity index (χ2n) is 13.0. The first-order chi connectivity index (χ1) is 22.8. The molecule has 0 aliphatic carbocycles. The van der Waals surface area contributed by atoms with Crippen molar-refractivity contribution < 1.29 is 37.6 Å². The summed E-state index contributed by atoms with van der Waals surface area (Å²) in [6.07, 6.45) is 34.1. The summed E-state index contributed by atoms with van der Waals surface area (Å²) in [5, 5.41) is 0. The van der Waals surface area contributed by atoms with Crippen molar-refractivity contribution in [3.05, 3.63) is 12.2 Å². The quantitative estimate of drug-likeness (QED) is 0.0300. The Morgan fingerprint density at radius 2 is 0.957 bits per heavy atom. The van der Waals surface area contributed by atoms with Crippen molar-refractivity contribution in [2.45, 2.75) is 200 Å². The molecule has 47 heavy (non-hydrogen) atoms. The smallest absolute Gasteiger partial charge is 0.462 e. The molecule has 1 N–H and O–H groups in total. The van der Waals surface area contributed by atoms with Gasteiger partial charge in [-0.3, -0.25) is 18.6 Å². The maximum absolute atomic E-state index is 12.5. The van der Waals surface area contributed by atoms with Crippen molar-refractivity contribution in [3.8, 4) is 0 Å². The van der Waals surface area contributed by atoms with Crippen molar-refractivity contribution in [1.82, 2.24) is 0 Å². The molecule has 0 aromatic heterocycles. The number of unbranched alkanes of at least 4 members (excludes halogenated alkanes) is 22. The fourth-order valence-electron chi connectivity index (χ4n) is 5.45. The molecule has 0 saturated heterocycles. The van der Waals surface area contributed by atoms with Gasteiger partial charge in [-0.05, 0) is 45.4 Å². The van der Waals surface area contributed by atoms with Gasteiger partial charge in [0.05, 0.1) is 13.2 Å². The third-order valence-electron chi connectivity index (χ3n) is 8.32. The number of ether oxygens (including phenoxy) is 2. The van der Waals surface area contributed by atoms with Crippen LogP contribution in [0.15, 0.2) is 12.2 Å². The fraction of sp³-hybridized carbons (Fsp3) is 0.895. The van der Waals surface area contributed by atoms with Crippen LogP contribution in [0.2, 0.25) is 0 Å². The van der Waals surface area contributed by atoms with E-state index >= 15 is 0 Å². The highest BCUT2D eigenvalue weighted by Crippen LogP contribution is 2.43. The molecular weight excluding hydrogens is 615 g/mol. The summed E-state index contributed by atoms with van der Waals surface area (Å²) in [4.78, 5) is 34.5. The number of carbonyl (C=O) groups excluding carboxylic acids is 2. The lowest BCUT2D eigenvalue weighted by Gasteiger charge is -2.19. The van der Waals surface area contributed by atoms with Crippen LogP contribution in [-0.4, -0.2) is 42.8 Å². The molecule has 0 spiro atoms. The molecule has 0 aromatic rings. The van der Waals surface area contributed by atoms with Gasteiger partial charge in [0.15, 0.2) is 6.10 Å². The Morgan fingerprint density at radius 3 is 1.40 bits per heavy atom. The van der Waals surface area contributed by atoms with Crippen molar-refractivity contribution in [2.24, 2.45) is 0 Å². The minimum Gasteiger partial charge on any atom is -0.462 e. The largest absolute Gasteiger partial charge is 0.472 e. The van der Waals surface area contributed by atoms with Gasteiger partial charge in [-0.25, -0.2) is 4.57 Å². The van der Waals surface area contributed by atoms with Crippen molar-refractivity contribution in [1.29, 1.82) is 0 Å². The van der Waals surface area contributed by atoms with E-state index in [2.05, 4.69) is 26.0 Å². The third kappa shape index (κ3) is 34.5. The van der Waals surface area contributed by atoms with E-state index in [9.17, 15) is 19.0 Å². The van der Waals surface area contributed by atoms with Crippen LogP contribution in [0.5, 0.6) is 0 Å². The predicted octanol–water partition coefficient (Wildman–Crippen LogP) is 11.7. The number of phosphoric ester groups is 1. The van der Waals surface area contributed by atoms with Crippen molar-refractivity contribution in [3.63, 3.8) is 0 Å². The molecule has 0 rings (SSSR count). The lowest BCUT2D eigenvalue weighted by molar-refractivity contribution is -0.161. The molecule has 0 aromatic carbocycles. The Balaban J connectivity index is 4.08. The molecule has 8 nitrogen and oxygen atoms in total. The molecule has 0 aliphatic rings. The zero-order valence-electron chi connectivity index (χ0n) is 30.7. The van der Waals surface area contributed by atoms with E-state index < -0.39 is 19.9 Å². The van der Waals surface area contributed by atoms with Crippen LogP contribution in [0, 0.1) is 0 Å². The zero-order valence-corrected chi connectivity index (χ0v) is 31.6. The summed E-state index contributed by atoms with van der Waals surface area (Å²) < 4.78 is 32.5. The number of rotatable bonds is 36. The standard InChI is InChI=1S/C38H73O8P/c1-4-7-9-11-13-15-16-17-18-19-20-21-22-23-25-27-29-31-33-38(40)46-36(35-45-47(41,42)44-6-3)34-43-37(39)32-30-28-26-24-14-12-10-8-5-2/h18-19,36H,4-17,20-35H2,1-3H3,(H,41,42)/b19-18-. The number of allylic oxidation sites excluding steroid dienone is 2. The van der Waals surface area contributed by atoms with Crippen LogP contribution in [0.25, 0.3) is 0 Å². The minimum absolute atomic E-state index is 0.00234. The summed E-state index contributed by atoms with van der Waals surface area (Å²) in [5.41, 5.74) is 0. The minimum atomic E-state index is -4.27. The lowest BCUT2D eigenvalue weighted by atomic mass is 10.1. The van der Waals surface area contributed by atoms with E-state index in [1.54, 1.807) is 6.92 Å². The molecule has 2 unspecified atom stereocenters. The SMILES string of the molecule is CCCCCCCCC/C=C\CCCCCCCCCC(=O)OC(COC(=O)CCCCCCCCCCC)COP(=O)(O)OCC. The first kappa shape index (κ1) is 45.8. The summed E-state index contributed by atoms with van der Waals surface area (Å²) >= 11 is 0. The van der Waals surface area contributed by atoms with E-state index in [1.807, 2.05) is 0 Å². The van der Waals surface area contributed by atoms with E-state index in [4.69, 9.17) is 18.5 Å². The Kier molecular flexibility index (Phi) is 33.8. The maximum atomic E-state index is 12.5. The summed E-state index contributed by atoms with van der Waals surface area (Å²) in [6.45, 7) is 5.45. The molecule has 0 amide bonds. The second kappa shape index (κ2) is 34.6. The number of hydrogen-bond acceptors (Lipinski definition) is 7. The Labute approximate surface area is 289 Å². The predicted molar refractivity (Wildman–Crippen MR) is 193 cm³/mol. The van der Waals surface area contributed by atoms with Crippen LogP contribution in [0.3, 0.4) is 0 Å². The highest BCUT2D eigenvalue weighted by atomic mass is 31.2. The zero-order chi connectivity index (χ0) is 34.7. The molecule has 278 valence electrons. The number of hydrogen-bond donors (Lipinski definition) is 1. The molecule has 0 heterocycles. The molecule has 2 atom stereocenters. The van der Waals surface area contributed by atoms with Gasteiger partial charge in [0.25, 0.3) is 0 Å². The van der Waals surface area contributed by atoms with Crippen molar-refractivity contribution in [2.75, 3.05) is 19.8 Å². The molecule has 0 bridgehead atoms. The molecule has 0 saturated carbocycles. The normalized spacial score (nSPS) is 13.5. The number of carbonyl (C=O) groups is 2. The summed E-state index contributed by atoms with van der Waals surface area (Å²) in [6, 6.07) is 0. The van der Waals surface area contributed by atoms with Gasteiger partial charge in [0.1, 0.15) is 6.61 Å². The van der Waals surface area contributed by atoms with Gasteiger partial charge in [0.2, 0.25) is 0 Å². The first-order valence-corrected chi connectivity index (χ1v) is 21.0. The van der Waals surface area contributed by atoms with Gasteiger partial charge in [-0.15, -0.1) is 0 Å². The Hall–Kier alpha value is -1.21. The average molecular weight is 689 g/mol. The van der Waals surface area contributed by atoms with Crippen LogP contribution >= 0.6 is 7.82 Å². The van der Waals surface area contributed by atoms with Crippen LogP contribution in [0.1, 0.15) is 194 Å². The molecule has 9 heteroatoms. The van der Waals surface area contributed by atoms with E-state index in [-0.39, 0.29) is 32.2 Å². The van der Waals surface area contributed by atoms with Crippen molar-refractivity contribution >= 4 is 19.8 Å². The van der Waals surface area contributed by atoms with Gasteiger partial charge in [-0.2, -0.15) is 0 Å². The molecule has 0 aliphatic heterocycles. The summed E-state index contributed by atoms with van der Waals surface area (Å²) in [7, 11) is -4.27. The van der Waals surface area contributed by atoms with Gasteiger partial charge >= 0.3 is 19.8 Å². The highest BCUT2D eigenvalue weighted by molar-refractivity contribution is 7.47. The van der Waals surface area contributed by atoms with Crippen LogP contribution in [0.4, 0.5) is 0 Å². The van der Waals surface area contributed by atoms with Gasteiger partial charge < -0.3 is 14.4 Å². The Morgan fingerprint density at radius 1 is 0.553 bits per heavy atom. The first-order valence-electron chi connectivity index (χ1n) is 19.5. The monoisotopic (exact) mass is 689 g/mol. The maximum Gasteiger partial charge on any atom is 0.472 e. The fourth-order valence-corrected chi connectivity index (χ4v) is 6.20. The Bertz CT molecular complexity index is 788. The topological polar surface area (TPSA) is 108 Å². The number of esters is 2. The van der Waals surface area contributed by atoms with Gasteiger partial charge in [0, 0.05) is 12.8 Å². The van der Waals surface area contributed by atoms with Crippen LogP contribution < -0.4 is 0 Å². The second-order valence-corrected chi connectivity index (χ2v) is 14.4. The van der Waals surface area contributed by atoms with Crippen LogP contribution in [-0.2, 0) is 32.7 Å². The molecule has 0 fully saturated rings. The van der Waals surface area contributed by atoms with Gasteiger partial charge in [-0.1, -0.05) is 148 Å². The lowest BCUT2D eigenvalue weighted by Crippen LogP contribution is -2.29. The molecule has 0 radical (unpaired) electrons. The third-order valence-corrected chi connectivity index (χ3v) is 9.38. The average Bonchev–Trinajstić information content (AvgIpc) is 3.04. The highest BCUT2D eigenvalue weighted by Gasteiger charge is 2.25. The van der Waals surface area contributed by atoms with E-state index in [0.717, 1.165) is 44.9 Å². The van der Waals surface area contributed by atoms with E-state index in [0.29, 0.717) is 12.8 Å².